The Labute approximate surface area is 322 Å². The number of anilines is 1. The van der Waals surface area contributed by atoms with Crippen molar-refractivity contribution in [1.82, 2.24) is 9.55 Å². The van der Waals surface area contributed by atoms with Gasteiger partial charge in [0.2, 0.25) is 0 Å². The van der Waals surface area contributed by atoms with E-state index in [9.17, 15) is 33.1 Å². The van der Waals surface area contributed by atoms with Gasteiger partial charge in [-0.3, -0.25) is 13.9 Å². The fourth-order valence-electron chi connectivity index (χ4n) is 3.92. The van der Waals surface area contributed by atoms with Gasteiger partial charge in [0.05, 0.1) is 37.2 Å². The second-order valence-electron chi connectivity index (χ2n) is 11.6. The average molecular weight is 890 g/mol. The van der Waals surface area contributed by atoms with E-state index in [-0.39, 0.29) is 47.9 Å². The summed E-state index contributed by atoms with van der Waals surface area (Å²) in [6, 6.07) is 0. The Morgan fingerprint density at radius 2 is 1.87 bits per heavy atom. The predicted octanol–water partition coefficient (Wildman–Crippen LogP) is 3.90. The molecule has 26 heteroatoms. The topological polar surface area (TPSA) is 275 Å². The lowest BCUT2D eigenvalue weighted by atomic mass is 10.1. The summed E-state index contributed by atoms with van der Waals surface area (Å²) in [6.07, 6.45) is 0.708. The first-order chi connectivity index (χ1) is 24.7. The maximum Gasteiger partial charge on any atom is 0.490 e. The van der Waals surface area contributed by atoms with E-state index in [0.29, 0.717) is 24.7 Å². The van der Waals surface area contributed by atoms with Crippen LogP contribution < -0.4 is 11.4 Å². The quantitative estimate of drug-likeness (QED) is 0.0246. The molecule has 1 aliphatic rings. The van der Waals surface area contributed by atoms with Gasteiger partial charge in [-0.1, -0.05) is 56.7 Å². The highest BCUT2D eigenvalue weighted by Crippen LogP contribution is 2.66. The Balaban J connectivity index is 1.96. The van der Waals surface area contributed by atoms with Crippen molar-refractivity contribution in [3.05, 3.63) is 22.2 Å². The summed E-state index contributed by atoms with van der Waals surface area (Å²) >= 11 is 5.30. The van der Waals surface area contributed by atoms with E-state index in [1.54, 1.807) is 21.6 Å². The van der Waals surface area contributed by atoms with Gasteiger partial charge in [-0.05, 0) is 50.1 Å². The molecule has 304 valence electrons. The molecule has 53 heavy (non-hydrogen) atoms. The molecule has 3 unspecified atom stereocenters. The fraction of sp³-hybridized carbons (Fsp3) is 0.741. The molecule has 1 saturated heterocycles. The van der Waals surface area contributed by atoms with Crippen LogP contribution in [0.5, 0.6) is 0 Å². The van der Waals surface area contributed by atoms with E-state index in [0.717, 1.165) is 17.4 Å². The third-order valence-corrected chi connectivity index (χ3v) is 15.9. The van der Waals surface area contributed by atoms with Crippen LogP contribution in [-0.4, -0.2) is 89.5 Å². The SMILES string of the molecule is CCS(=S)CO[C@H]1C[C@H](n2cc(C#CCCC(=O)OCCCCOCSSC(C)(C)CC)c(N)nc2=O)O[C@@H]1COP(=O)(O)OP(=O)(O)OP(=O)(O)O. The standard InChI is InChI=1S/C27H46N3O16P3S4/c1-5-27(3,4)52-51-18-40-13-9-10-14-41-24(31)12-8-7-11-20-16-30(26(32)29-25(20)28)23-15-21(42-19-53(50)6-2)22(44-23)17-43-48(36,37)46-49(38,39)45-47(33,34)35/h16,21-23H,5-6,8-10,12-15,17-19H2,1-4H3,(H,36,37)(H,38,39)(H2,28,29,32)(H2,33,34,35)/t21-,22+,23+,53?/m0/s1. The molecule has 0 aliphatic carbocycles. The molecular weight excluding hydrogens is 843 g/mol. The lowest BCUT2D eigenvalue weighted by Crippen LogP contribution is -2.30. The third-order valence-electron chi connectivity index (χ3n) is 6.92. The number of nitrogens with zero attached hydrogens (tertiary/aromatic N) is 2. The van der Waals surface area contributed by atoms with Crippen LogP contribution in [0.1, 0.15) is 78.0 Å². The minimum Gasteiger partial charge on any atom is -0.466 e. The van der Waals surface area contributed by atoms with Crippen molar-refractivity contribution in [2.24, 2.45) is 0 Å². The molecule has 1 aromatic heterocycles. The Bertz CT molecular complexity index is 1650. The van der Waals surface area contributed by atoms with Crippen molar-refractivity contribution >= 4 is 77.5 Å². The minimum absolute atomic E-state index is 0.0157. The summed E-state index contributed by atoms with van der Waals surface area (Å²) in [5, 5.41) is 0. The monoisotopic (exact) mass is 889 g/mol. The summed E-state index contributed by atoms with van der Waals surface area (Å²) < 4.78 is 70.9. The van der Waals surface area contributed by atoms with E-state index in [4.69, 9.17) is 50.2 Å². The Morgan fingerprint density at radius 3 is 2.53 bits per heavy atom. The van der Waals surface area contributed by atoms with Crippen molar-refractivity contribution in [2.45, 2.75) is 89.4 Å². The van der Waals surface area contributed by atoms with Crippen molar-refractivity contribution in [2.75, 3.05) is 43.2 Å². The first-order valence-electron chi connectivity index (χ1n) is 16.0. The Morgan fingerprint density at radius 1 is 1.17 bits per heavy atom. The summed E-state index contributed by atoms with van der Waals surface area (Å²) in [6.45, 7) is 8.37. The zero-order valence-corrected chi connectivity index (χ0v) is 35.4. The van der Waals surface area contributed by atoms with Gasteiger partial charge in [-0.2, -0.15) is 13.6 Å². The van der Waals surface area contributed by atoms with Crippen LogP contribution in [0.2, 0.25) is 0 Å². The van der Waals surface area contributed by atoms with Crippen LogP contribution in [0, 0.1) is 11.8 Å². The number of phosphoric acid groups is 3. The molecule has 0 amide bonds. The first kappa shape index (κ1) is 48.4. The van der Waals surface area contributed by atoms with Gasteiger partial charge in [0.15, 0.2) is 0 Å². The van der Waals surface area contributed by atoms with Crippen LogP contribution in [0.15, 0.2) is 11.0 Å². The summed E-state index contributed by atoms with van der Waals surface area (Å²) in [5.41, 5.74) is 5.24. The van der Waals surface area contributed by atoms with Gasteiger partial charge in [-0.25, -0.2) is 18.5 Å². The number of unbranched alkanes of at least 4 members (excludes halogenated alkanes) is 1. The summed E-state index contributed by atoms with van der Waals surface area (Å²) in [5.74, 6) is 6.24. The maximum absolute atomic E-state index is 12.8. The number of carbonyl (C=O) groups is 1. The Hall–Kier alpha value is -0.730. The minimum atomic E-state index is -5.75. The van der Waals surface area contributed by atoms with E-state index in [1.807, 2.05) is 6.92 Å². The molecule has 2 heterocycles. The number of hydrogen-bond donors (Lipinski definition) is 5. The van der Waals surface area contributed by atoms with Gasteiger partial charge in [0, 0.05) is 30.4 Å². The molecule has 6 atom stereocenters. The number of nitrogen functional groups attached to an aromatic ring is 1. The highest BCUT2D eigenvalue weighted by molar-refractivity contribution is 8.77. The van der Waals surface area contributed by atoms with Gasteiger partial charge in [0.25, 0.3) is 0 Å². The van der Waals surface area contributed by atoms with Crippen LogP contribution in [-0.2, 0) is 71.2 Å². The molecule has 19 nitrogen and oxygen atoms in total. The number of ether oxygens (including phenoxy) is 4. The van der Waals surface area contributed by atoms with Crippen LogP contribution >= 0.6 is 45.1 Å². The third kappa shape index (κ3) is 19.8. The van der Waals surface area contributed by atoms with Crippen LogP contribution in [0.4, 0.5) is 5.82 Å². The predicted molar refractivity (Wildman–Crippen MR) is 203 cm³/mol. The molecule has 0 spiro atoms. The van der Waals surface area contributed by atoms with Crippen LogP contribution in [0.3, 0.4) is 0 Å². The number of hydrogen-bond acceptors (Lipinski definition) is 17. The lowest BCUT2D eigenvalue weighted by molar-refractivity contribution is -0.143. The molecule has 0 radical (unpaired) electrons. The number of rotatable bonds is 24. The number of nitrogens with two attached hydrogens (primary N) is 1. The number of esters is 1. The zero-order chi connectivity index (χ0) is 39.9. The molecule has 0 aromatic carbocycles. The normalized spacial score (nSPS) is 20.6. The molecule has 6 N–H and O–H groups in total. The fourth-order valence-corrected chi connectivity index (χ4v) is 9.94. The molecule has 2 rings (SSSR count). The van der Waals surface area contributed by atoms with Crippen LogP contribution in [0.25, 0.3) is 0 Å². The second-order valence-corrected chi connectivity index (χ2v) is 22.1. The summed E-state index contributed by atoms with van der Waals surface area (Å²) in [4.78, 5) is 65.5. The number of aromatic nitrogens is 2. The molecular formula is C27H46N3O16P3S4. The zero-order valence-electron chi connectivity index (χ0n) is 29.4. The maximum atomic E-state index is 12.8. The van der Waals surface area contributed by atoms with E-state index in [2.05, 4.69) is 46.2 Å². The van der Waals surface area contributed by atoms with Crippen molar-refractivity contribution in [3.8, 4) is 11.8 Å². The summed E-state index contributed by atoms with van der Waals surface area (Å²) in [7, 11) is -13.9. The molecule has 0 saturated carbocycles. The Kier molecular flexibility index (Phi) is 20.9. The second kappa shape index (κ2) is 22.9. The van der Waals surface area contributed by atoms with Gasteiger partial charge < -0.3 is 44.3 Å². The highest BCUT2D eigenvalue weighted by atomic mass is 33.1. The smallest absolute Gasteiger partial charge is 0.466 e. The molecule has 1 aromatic rings. The lowest BCUT2D eigenvalue weighted by Gasteiger charge is -2.21. The van der Waals surface area contributed by atoms with E-state index >= 15 is 0 Å². The average Bonchev–Trinajstić information content (AvgIpc) is 3.45. The van der Waals surface area contributed by atoms with E-state index in [1.165, 1.54) is 6.20 Å². The molecule has 0 bridgehead atoms. The number of carbonyl (C=O) groups excluding carboxylic acids is 1. The van der Waals surface area contributed by atoms with Gasteiger partial charge in [-0.15, -0.1) is 0 Å². The van der Waals surface area contributed by atoms with Gasteiger partial charge >= 0.3 is 35.1 Å². The highest BCUT2D eigenvalue weighted by Gasteiger charge is 2.43. The first-order valence-corrected chi connectivity index (χ1v) is 25.3. The molecule has 1 aliphatic heterocycles. The largest absolute Gasteiger partial charge is 0.490 e. The number of phosphoric ester groups is 1. The molecule has 1 fully saturated rings. The van der Waals surface area contributed by atoms with Crippen molar-refractivity contribution in [1.29, 1.82) is 0 Å². The van der Waals surface area contributed by atoms with Crippen molar-refractivity contribution in [3.63, 3.8) is 0 Å². The van der Waals surface area contributed by atoms with Gasteiger partial charge in [0.1, 0.15) is 24.1 Å². The van der Waals surface area contributed by atoms with Crippen molar-refractivity contribution < 1.29 is 70.2 Å². The van der Waals surface area contributed by atoms with E-state index < -0.39 is 69.6 Å².